The molecule has 0 atom stereocenters. The lowest BCUT2D eigenvalue weighted by Gasteiger charge is -2.08. The highest BCUT2D eigenvalue weighted by molar-refractivity contribution is 7.16. The van der Waals surface area contributed by atoms with Gasteiger partial charge < -0.3 is 14.4 Å². The summed E-state index contributed by atoms with van der Waals surface area (Å²) in [7, 11) is 7.25. The van der Waals surface area contributed by atoms with Crippen LogP contribution in [0.5, 0.6) is 11.5 Å². The van der Waals surface area contributed by atoms with Crippen LogP contribution in [0.4, 0.5) is 5.13 Å². The predicted octanol–water partition coefficient (Wildman–Crippen LogP) is 5.42. The van der Waals surface area contributed by atoms with Gasteiger partial charge in [0.1, 0.15) is 11.5 Å². The molecule has 0 radical (unpaired) electrons. The molecule has 1 amide bonds. The first-order chi connectivity index (χ1) is 14.5. The van der Waals surface area contributed by atoms with Crippen molar-refractivity contribution < 1.29 is 14.3 Å². The Hall–Kier alpha value is -2.32. The minimum absolute atomic E-state index is 0. The molecule has 0 saturated carbocycles. The molecule has 3 aromatic rings. The summed E-state index contributed by atoms with van der Waals surface area (Å²) in [5.41, 5.74) is 2.44. The summed E-state index contributed by atoms with van der Waals surface area (Å²) in [5, 5.41) is 3.52. The van der Waals surface area contributed by atoms with Crippen molar-refractivity contribution in [3.63, 3.8) is 0 Å². The Labute approximate surface area is 205 Å². The molecule has 0 bridgehead atoms. The van der Waals surface area contributed by atoms with Crippen LogP contribution in [0.25, 0.3) is 11.3 Å². The zero-order valence-corrected chi connectivity index (χ0v) is 21.0. The van der Waals surface area contributed by atoms with Crippen LogP contribution < -0.4 is 14.8 Å². The summed E-state index contributed by atoms with van der Waals surface area (Å²) < 4.78 is 10.5. The van der Waals surface area contributed by atoms with Gasteiger partial charge >= 0.3 is 0 Å². The zero-order chi connectivity index (χ0) is 21.5. The molecular formula is C23H29Cl2N3O3S. The van der Waals surface area contributed by atoms with Crippen molar-refractivity contribution in [2.75, 3.05) is 40.2 Å². The lowest BCUT2D eigenvalue weighted by molar-refractivity contribution is 0.102. The molecule has 0 fully saturated rings. The molecular weight excluding hydrogens is 469 g/mol. The highest BCUT2D eigenvalue weighted by atomic mass is 35.5. The molecule has 1 heterocycles. The van der Waals surface area contributed by atoms with Gasteiger partial charge in [-0.15, -0.1) is 36.2 Å². The zero-order valence-electron chi connectivity index (χ0n) is 18.6. The fourth-order valence-corrected chi connectivity index (χ4v) is 4.08. The van der Waals surface area contributed by atoms with Crippen molar-refractivity contribution >= 4 is 47.2 Å². The Balaban J connectivity index is 0.00000256. The maximum Gasteiger partial charge on any atom is 0.257 e. The summed E-state index contributed by atoms with van der Waals surface area (Å²) in [6, 6.07) is 15.2. The molecule has 0 spiro atoms. The van der Waals surface area contributed by atoms with E-state index in [4.69, 9.17) is 14.5 Å². The number of methoxy groups -OCH3 is 2. The molecule has 1 aromatic heterocycles. The molecule has 3 rings (SSSR count). The van der Waals surface area contributed by atoms with E-state index in [1.807, 2.05) is 30.3 Å². The molecule has 174 valence electrons. The number of aromatic nitrogens is 1. The fourth-order valence-electron chi connectivity index (χ4n) is 3.06. The number of aryl methyl sites for hydroxylation is 1. The van der Waals surface area contributed by atoms with Gasteiger partial charge in [0.15, 0.2) is 5.13 Å². The third-order valence-electron chi connectivity index (χ3n) is 4.59. The Morgan fingerprint density at radius 3 is 2.22 bits per heavy atom. The van der Waals surface area contributed by atoms with Crippen molar-refractivity contribution in [1.82, 2.24) is 9.88 Å². The van der Waals surface area contributed by atoms with Gasteiger partial charge in [-0.3, -0.25) is 10.1 Å². The first kappa shape index (κ1) is 27.7. The van der Waals surface area contributed by atoms with E-state index >= 15 is 0 Å². The topological polar surface area (TPSA) is 63.7 Å². The van der Waals surface area contributed by atoms with Gasteiger partial charge in [-0.1, -0.05) is 30.3 Å². The number of amides is 1. The van der Waals surface area contributed by atoms with Crippen molar-refractivity contribution in [2.45, 2.75) is 12.8 Å². The number of carbonyl (C=O) groups is 1. The van der Waals surface area contributed by atoms with Crippen LogP contribution in [0.15, 0.2) is 48.5 Å². The number of nitrogens with zero attached hydrogens (tertiary/aromatic N) is 2. The number of hydrogen-bond donors (Lipinski definition) is 1. The number of ether oxygens (including phenoxy) is 2. The van der Waals surface area contributed by atoms with Gasteiger partial charge in [0.05, 0.1) is 19.9 Å². The van der Waals surface area contributed by atoms with Gasteiger partial charge in [0.25, 0.3) is 5.91 Å². The van der Waals surface area contributed by atoms with Gasteiger partial charge in [-0.05, 0) is 45.6 Å². The third-order valence-corrected chi connectivity index (χ3v) is 5.62. The SMILES string of the molecule is COc1cc(OC)cc(C(=O)Nc2nc(-c3ccccc3)c(CCCN(C)C)s2)c1.Cl.Cl. The van der Waals surface area contributed by atoms with Crippen molar-refractivity contribution in [1.29, 1.82) is 0 Å². The van der Waals surface area contributed by atoms with E-state index in [9.17, 15) is 4.79 Å². The monoisotopic (exact) mass is 497 g/mol. The normalized spacial score (nSPS) is 10.2. The van der Waals surface area contributed by atoms with Crippen LogP contribution in [0, 0.1) is 0 Å². The Bertz CT molecular complexity index is 975. The molecule has 0 aliphatic heterocycles. The first-order valence-corrected chi connectivity index (χ1v) is 10.6. The van der Waals surface area contributed by atoms with E-state index in [1.54, 1.807) is 32.4 Å². The van der Waals surface area contributed by atoms with Crippen molar-refractivity contribution in [3.8, 4) is 22.8 Å². The van der Waals surface area contributed by atoms with Gasteiger partial charge in [0.2, 0.25) is 0 Å². The largest absolute Gasteiger partial charge is 0.497 e. The van der Waals surface area contributed by atoms with Crippen LogP contribution in [0.1, 0.15) is 21.7 Å². The standard InChI is InChI=1S/C23H27N3O3S.2ClH/c1-26(2)12-8-11-20-21(16-9-6-5-7-10-16)24-23(30-20)25-22(27)17-13-18(28-3)15-19(14-17)29-4;;/h5-7,9-10,13-15H,8,11-12H2,1-4H3,(H,24,25,27);2*1H. The highest BCUT2D eigenvalue weighted by Crippen LogP contribution is 2.33. The molecule has 0 aliphatic carbocycles. The molecule has 6 nitrogen and oxygen atoms in total. The lowest BCUT2D eigenvalue weighted by Crippen LogP contribution is -2.13. The first-order valence-electron chi connectivity index (χ1n) is 9.74. The van der Waals surface area contributed by atoms with E-state index in [0.717, 1.165) is 30.6 Å². The second kappa shape index (κ2) is 13.3. The predicted molar refractivity (Wildman–Crippen MR) is 136 cm³/mol. The number of carbonyl (C=O) groups excluding carboxylic acids is 1. The van der Waals surface area contributed by atoms with Crippen molar-refractivity contribution in [3.05, 3.63) is 59.0 Å². The smallest absolute Gasteiger partial charge is 0.257 e. The van der Waals surface area contributed by atoms with E-state index in [2.05, 4.69) is 24.3 Å². The lowest BCUT2D eigenvalue weighted by atomic mass is 10.1. The fraction of sp³-hybridized carbons (Fsp3) is 0.304. The summed E-state index contributed by atoms with van der Waals surface area (Å²) >= 11 is 1.52. The summed E-state index contributed by atoms with van der Waals surface area (Å²) in [6.45, 7) is 0.997. The summed E-state index contributed by atoms with van der Waals surface area (Å²) in [5.74, 6) is 0.876. The second-order valence-corrected chi connectivity index (χ2v) is 8.20. The number of halogens is 2. The third kappa shape index (κ3) is 7.38. The molecule has 1 N–H and O–H groups in total. The number of anilines is 1. The Morgan fingerprint density at radius 2 is 1.66 bits per heavy atom. The van der Waals surface area contributed by atoms with E-state index in [0.29, 0.717) is 22.2 Å². The number of hydrogen-bond acceptors (Lipinski definition) is 6. The van der Waals surface area contributed by atoms with Gasteiger partial charge in [-0.25, -0.2) is 4.98 Å². The molecule has 9 heteroatoms. The van der Waals surface area contributed by atoms with Crippen LogP contribution in [0.2, 0.25) is 0 Å². The average molecular weight is 498 g/mol. The molecule has 0 saturated heterocycles. The van der Waals surface area contributed by atoms with Gasteiger partial charge in [-0.2, -0.15) is 0 Å². The second-order valence-electron chi connectivity index (χ2n) is 7.12. The molecule has 32 heavy (non-hydrogen) atoms. The molecule has 0 unspecified atom stereocenters. The van der Waals surface area contributed by atoms with E-state index in [1.165, 1.54) is 16.2 Å². The average Bonchev–Trinajstić information content (AvgIpc) is 3.16. The highest BCUT2D eigenvalue weighted by Gasteiger charge is 2.17. The number of thiazole rings is 1. The van der Waals surface area contributed by atoms with Crippen LogP contribution in [0.3, 0.4) is 0 Å². The molecule has 2 aromatic carbocycles. The van der Waals surface area contributed by atoms with E-state index < -0.39 is 0 Å². The number of nitrogens with one attached hydrogen (secondary N) is 1. The van der Waals surface area contributed by atoms with Crippen LogP contribution in [-0.2, 0) is 6.42 Å². The van der Waals surface area contributed by atoms with E-state index in [-0.39, 0.29) is 30.7 Å². The quantitative estimate of drug-likeness (QED) is 0.427. The summed E-state index contributed by atoms with van der Waals surface area (Å²) in [6.07, 6.45) is 1.93. The van der Waals surface area contributed by atoms with Gasteiger partial charge in [0, 0.05) is 22.1 Å². The Morgan fingerprint density at radius 1 is 1.03 bits per heavy atom. The minimum Gasteiger partial charge on any atom is -0.497 e. The molecule has 0 aliphatic rings. The minimum atomic E-state index is -0.250. The van der Waals surface area contributed by atoms with Crippen LogP contribution in [-0.4, -0.2) is 50.7 Å². The maximum atomic E-state index is 12.8. The van der Waals surface area contributed by atoms with Crippen LogP contribution >= 0.6 is 36.2 Å². The number of benzene rings is 2. The summed E-state index contributed by atoms with van der Waals surface area (Å²) in [4.78, 5) is 20.9. The Kier molecular flexibility index (Phi) is 11.5. The number of rotatable bonds is 9. The van der Waals surface area contributed by atoms with Crippen molar-refractivity contribution in [2.24, 2.45) is 0 Å². The maximum absolute atomic E-state index is 12.8.